The lowest BCUT2D eigenvalue weighted by Gasteiger charge is -2.24. The van der Waals surface area contributed by atoms with Crippen molar-refractivity contribution in [2.24, 2.45) is 0 Å². The number of amides is 1. The molecule has 0 fully saturated rings. The van der Waals surface area contributed by atoms with Gasteiger partial charge in [0, 0.05) is 17.1 Å². The number of nitrogens with zero attached hydrogens (tertiary/aromatic N) is 1. The van der Waals surface area contributed by atoms with E-state index in [1.54, 1.807) is 18.3 Å². The standard InChI is InChI=1S/C18H20ClIN2O4/c1-4-18(2,3)22-14(23)9-25-15(24)10-26-17-13(20)8-12(19)11-6-5-7-21-16(11)17/h5-8H,4,9-10H2,1-3H3,(H,22,23). The molecule has 0 aliphatic carbocycles. The van der Waals surface area contributed by atoms with E-state index in [1.165, 1.54) is 0 Å². The zero-order valence-corrected chi connectivity index (χ0v) is 17.7. The van der Waals surface area contributed by atoms with Crippen molar-refractivity contribution in [1.82, 2.24) is 10.3 Å². The van der Waals surface area contributed by atoms with Gasteiger partial charge in [-0.2, -0.15) is 0 Å². The van der Waals surface area contributed by atoms with Crippen LogP contribution < -0.4 is 10.1 Å². The zero-order valence-electron chi connectivity index (χ0n) is 14.8. The predicted molar refractivity (Wildman–Crippen MR) is 108 cm³/mol. The van der Waals surface area contributed by atoms with Crippen LogP contribution in [0.1, 0.15) is 27.2 Å². The number of esters is 1. The van der Waals surface area contributed by atoms with Gasteiger partial charge in [0.25, 0.3) is 5.91 Å². The molecule has 0 bridgehead atoms. The largest absolute Gasteiger partial charge is 0.478 e. The molecule has 0 saturated heterocycles. The van der Waals surface area contributed by atoms with E-state index >= 15 is 0 Å². The number of halogens is 2. The highest BCUT2D eigenvalue weighted by Gasteiger charge is 2.19. The van der Waals surface area contributed by atoms with Crippen molar-refractivity contribution in [1.29, 1.82) is 0 Å². The maximum atomic E-state index is 11.9. The van der Waals surface area contributed by atoms with Gasteiger partial charge in [0.2, 0.25) is 0 Å². The van der Waals surface area contributed by atoms with Crippen LogP contribution in [0.25, 0.3) is 10.9 Å². The van der Waals surface area contributed by atoms with Crippen molar-refractivity contribution in [3.05, 3.63) is 33.0 Å². The van der Waals surface area contributed by atoms with E-state index in [9.17, 15) is 9.59 Å². The number of aromatic nitrogens is 1. The Morgan fingerprint density at radius 1 is 1.35 bits per heavy atom. The molecule has 0 aliphatic heterocycles. The normalized spacial score (nSPS) is 11.3. The summed E-state index contributed by atoms with van der Waals surface area (Å²) >= 11 is 8.28. The highest BCUT2D eigenvalue weighted by molar-refractivity contribution is 14.1. The van der Waals surface area contributed by atoms with Crippen LogP contribution in [0.5, 0.6) is 5.75 Å². The van der Waals surface area contributed by atoms with Crippen molar-refractivity contribution in [2.45, 2.75) is 32.7 Å². The number of fused-ring (bicyclic) bond motifs is 1. The first-order valence-corrected chi connectivity index (χ1v) is 9.51. The SMILES string of the molecule is CCC(C)(C)NC(=O)COC(=O)COc1c(I)cc(Cl)c2cccnc12. The molecule has 26 heavy (non-hydrogen) atoms. The third kappa shape index (κ3) is 5.44. The van der Waals surface area contributed by atoms with Crippen LogP contribution >= 0.6 is 34.2 Å². The van der Waals surface area contributed by atoms with Crippen LogP contribution in [-0.4, -0.2) is 35.6 Å². The number of pyridine rings is 1. The molecule has 0 spiro atoms. The minimum atomic E-state index is -0.635. The summed E-state index contributed by atoms with van der Waals surface area (Å²) in [6.07, 6.45) is 2.39. The summed E-state index contributed by atoms with van der Waals surface area (Å²) in [6, 6.07) is 5.34. The lowest BCUT2D eigenvalue weighted by molar-refractivity contribution is -0.150. The van der Waals surface area contributed by atoms with Gasteiger partial charge >= 0.3 is 5.97 Å². The molecule has 1 amide bonds. The van der Waals surface area contributed by atoms with Crippen LogP contribution in [0.3, 0.4) is 0 Å². The fraction of sp³-hybridized carbons (Fsp3) is 0.389. The molecule has 1 aromatic carbocycles. The highest BCUT2D eigenvalue weighted by Crippen LogP contribution is 2.34. The van der Waals surface area contributed by atoms with Gasteiger partial charge in [-0.15, -0.1) is 0 Å². The van der Waals surface area contributed by atoms with Crippen molar-refractivity contribution < 1.29 is 19.1 Å². The third-order valence-corrected chi connectivity index (χ3v) is 4.92. The van der Waals surface area contributed by atoms with E-state index < -0.39 is 5.97 Å². The number of hydrogen-bond acceptors (Lipinski definition) is 5. The molecule has 8 heteroatoms. The second kappa shape index (κ2) is 8.85. The first kappa shape index (κ1) is 20.7. The van der Waals surface area contributed by atoms with Crippen LogP contribution in [0.15, 0.2) is 24.4 Å². The van der Waals surface area contributed by atoms with Crippen molar-refractivity contribution >= 4 is 57.0 Å². The minimum Gasteiger partial charge on any atom is -0.478 e. The molecule has 0 unspecified atom stereocenters. The molecule has 6 nitrogen and oxygen atoms in total. The van der Waals surface area contributed by atoms with Crippen LogP contribution in [0, 0.1) is 3.57 Å². The number of nitrogens with one attached hydrogen (secondary N) is 1. The molecule has 1 N–H and O–H groups in total. The summed E-state index contributed by atoms with van der Waals surface area (Å²) in [6.45, 7) is 5.09. The first-order chi connectivity index (χ1) is 12.2. The highest BCUT2D eigenvalue weighted by atomic mass is 127. The maximum absolute atomic E-state index is 11.9. The predicted octanol–water partition coefficient (Wildman–Crippen LogP) is 3.72. The zero-order chi connectivity index (χ0) is 19.3. The van der Waals surface area contributed by atoms with Gasteiger partial charge in [0.05, 0.1) is 8.59 Å². The molecule has 1 heterocycles. The molecular weight excluding hydrogens is 471 g/mol. The van der Waals surface area contributed by atoms with E-state index in [-0.39, 0.29) is 24.7 Å². The number of ether oxygens (including phenoxy) is 2. The topological polar surface area (TPSA) is 77.5 Å². The fourth-order valence-corrected chi connectivity index (χ4v) is 3.27. The Morgan fingerprint density at radius 2 is 2.08 bits per heavy atom. The Morgan fingerprint density at radius 3 is 2.77 bits per heavy atom. The first-order valence-electron chi connectivity index (χ1n) is 8.05. The summed E-state index contributed by atoms with van der Waals surface area (Å²) in [5, 5.41) is 4.09. The molecule has 1 aromatic heterocycles. The number of rotatable bonds is 7. The van der Waals surface area contributed by atoms with E-state index in [0.717, 1.165) is 15.4 Å². The quantitative estimate of drug-likeness (QED) is 0.473. The van der Waals surface area contributed by atoms with Crippen LogP contribution in [-0.2, 0) is 14.3 Å². The van der Waals surface area contributed by atoms with Gasteiger partial charge in [0.1, 0.15) is 5.52 Å². The van der Waals surface area contributed by atoms with Crippen molar-refractivity contribution in [3.8, 4) is 5.75 Å². The molecule has 2 rings (SSSR count). The minimum absolute atomic E-state index is 0.326. The second-order valence-corrected chi connectivity index (χ2v) is 7.87. The van der Waals surface area contributed by atoms with Gasteiger partial charge < -0.3 is 14.8 Å². The number of carbonyl (C=O) groups is 2. The summed E-state index contributed by atoms with van der Waals surface area (Å²) in [7, 11) is 0. The molecule has 0 atom stereocenters. The van der Waals surface area contributed by atoms with Gasteiger partial charge in [-0.3, -0.25) is 9.78 Å². The van der Waals surface area contributed by atoms with E-state index in [0.29, 0.717) is 16.3 Å². The second-order valence-electron chi connectivity index (χ2n) is 6.30. The van der Waals surface area contributed by atoms with Gasteiger partial charge in [-0.1, -0.05) is 18.5 Å². The molecule has 0 saturated carbocycles. The number of carbonyl (C=O) groups excluding carboxylic acids is 2. The molecule has 0 aliphatic rings. The summed E-state index contributed by atoms with van der Waals surface area (Å²) in [4.78, 5) is 28.0. The monoisotopic (exact) mass is 490 g/mol. The Kier molecular flexibility index (Phi) is 7.05. The Bertz CT molecular complexity index is 826. The summed E-state index contributed by atoms with van der Waals surface area (Å²) in [5.41, 5.74) is 0.226. The average Bonchev–Trinajstić information content (AvgIpc) is 2.59. The van der Waals surface area contributed by atoms with E-state index in [4.69, 9.17) is 21.1 Å². The van der Waals surface area contributed by atoms with Crippen LogP contribution in [0.2, 0.25) is 5.02 Å². The third-order valence-electron chi connectivity index (χ3n) is 3.81. The Hall–Kier alpha value is -1.61. The fourth-order valence-electron chi connectivity index (χ4n) is 2.10. The van der Waals surface area contributed by atoms with E-state index in [2.05, 4.69) is 32.9 Å². The molecule has 2 aromatic rings. The summed E-state index contributed by atoms with van der Waals surface area (Å²) in [5.74, 6) is -0.526. The molecular formula is C18H20ClIN2O4. The van der Waals surface area contributed by atoms with Gasteiger partial charge in [-0.05, 0) is 61.1 Å². The molecule has 0 radical (unpaired) electrons. The lowest BCUT2D eigenvalue weighted by Crippen LogP contribution is -2.44. The maximum Gasteiger partial charge on any atom is 0.344 e. The Labute approximate surface area is 170 Å². The van der Waals surface area contributed by atoms with Crippen LogP contribution in [0.4, 0.5) is 0 Å². The number of benzene rings is 1. The average molecular weight is 491 g/mol. The smallest absolute Gasteiger partial charge is 0.344 e. The summed E-state index contributed by atoms with van der Waals surface area (Å²) < 4.78 is 11.3. The lowest BCUT2D eigenvalue weighted by atomic mass is 10.0. The van der Waals surface area contributed by atoms with Crippen molar-refractivity contribution in [2.75, 3.05) is 13.2 Å². The van der Waals surface area contributed by atoms with Gasteiger partial charge in [-0.25, -0.2) is 4.79 Å². The van der Waals surface area contributed by atoms with Gasteiger partial charge in [0.15, 0.2) is 19.0 Å². The molecule has 140 valence electrons. The Balaban J connectivity index is 1.96. The van der Waals surface area contributed by atoms with Crippen molar-refractivity contribution in [3.63, 3.8) is 0 Å². The number of hydrogen-bond donors (Lipinski definition) is 1. The van der Waals surface area contributed by atoms with E-state index in [1.807, 2.05) is 26.8 Å².